The molecule has 0 radical (unpaired) electrons. The number of anilines is 1. The van der Waals surface area contributed by atoms with Crippen LogP contribution in [0, 0.1) is 0 Å². The Morgan fingerprint density at radius 3 is 2.65 bits per heavy atom. The Morgan fingerprint density at radius 1 is 1.27 bits per heavy atom. The maximum atomic E-state index is 11.4. The normalized spacial score (nSPS) is 29.5. The number of carbonyl (C=O) groups excluding carboxylic acids is 1. The van der Waals surface area contributed by atoms with Gasteiger partial charge in [0.15, 0.2) is 29.3 Å². The van der Waals surface area contributed by atoms with E-state index in [1.165, 1.54) is 10.9 Å². The number of ether oxygens (including phenoxy) is 2. The molecule has 1 aliphatic carbocycles. The molecule has 4 rings (SSSR count). The van der Waals surface area contributed by atoms with Crippen LogP contribution in [0.25, 0.3) is 11.2 Å². The number of hydrogen-bond donors (Lipinski definition) is 4. The largest absolute Gasteiger partial charge is 0.460 e. The molecule has 140 valence electrons. The van der Waals surface area contributed by atoms with Crippen molar-refractivity contribution in [1.82, 2.24) is 19.5 Å². The number of aromatic nitrogens is 4. The van der Waals surface area contributed by atoms with E-state index < -0.39 is 30.4 Å². The third-order valence-corrected chi connectivity index (χ3v) is 4.80. The SMILES string of the molecule is NC(=O)[C@H]1O[C@@H](n2cnc3c(N)nc(OC4CCCC4)nc32)[C@H](O)[C@@H]1O. The Hall–Kier alpha value is -2.50. The number of nitrogen functional groups attached to an aromatic ring is 1. The van der Waals surface area contributed by atoms with Crippen molar-refractivity contribution >= 4 is 22.9 Å². The standard InChI is InChI=1S/C15H20N6O5/c16-11-7-13(20-15(19-11)25-6-3-1-2-4-6)21(5-18-7)14-9(23)8(22)10(26-14)12(17)24/h5-6,8-10,14,22-23H,1-4H2,(H2,17,24)(H2,16,19,20)/t8-,9+,10-,14+/m0/s1. The van der Waals surface area contributed by atoms with Crippen molar-refractivity contribution in [2.24, 2.45) is 5.73 Å². The first kappa shape index (κ1) is 16.9. The summed E-state index contributed by atoms with van der Waals surface area (Å²) < 4.78 is 12.6. The monoisotopic (exact) mass is 364 g/mol. The molecular weight excluding hydrogens is 344 g/mol. The molecule has 0 aromatic carbocycles. The van der Waals surface area contributed by atoms with Crippen molar-refractivity contribution in [3.05, 3.63) is 6.33 Å². The number of aliphatic hydroxyl groups is 2. The van der Waals surface area contributed by atoms with Crippen LogP contribution < -0.4 is 16.2 Å². The molecule has 2 aromatic rings. The lowest BCUT2D eigenvalue weighted by molar-refractivity contribution is -0.134. The zero-order chi connectivity index (χ0) is 18.4. The Bertz CT molecular complexity index is 835. The van der Waals surface area contributed by atoms with Crippen LogP contribution in [-0.2, 0) is 9.53 Å². The summed E-state index contributed by atoms with van der Waals surface area (Å²) in [5.41, 5.74) is 11.7. The zero-order valence-corrected chi connectivity index (χ0v) is 13.9. The molecule has 11 heteroatoms. The first-order chi connectivity index (χ1) is 12.5. The fourth-order valence-corrected chi connectivity index (χ4v) is 3.44. The summed E-state index contributed by atoms with van der Waals surface area (Å²) in [5, 5.41) is 20.2. The van der Waals surface area contributed by atoms with E-state index in [-0.39, 0.29) is 23.6 Å². The summed E-state index contributed by atoms with van der Waals surface area (Å²) in [6.45, 7) is 0. The second kappa shape index (κ2) is 6.34. The van der Waals surface area contributed by atoms with Crippen molar-refractivity contribution in [1.29, 1.82) is 0 Å². The second-order valence-electron chi connectivity index (χ2n) is 6.57. The molecule has 0 unspecified atom stereocenters. The van der Waals surface area contributed by atoms with Crippen LogP contribution >= 0.6 is 0 Å². The van der Waals surface area contributed by atoms with Crippen molar-refractivity contribution in [2.75, 3.05) is 5.73 Å². The van der Waals surface area contributed by atoms with Crippen molar-refractivity contribution < 1.29 is 24.5 Å². The molecule has 6 N–H and O–H groups in total. The number of carbonyl (C=O) groups is 1. The average molecular weight is 364 g/mol. The molecule has 0 bridgehead atoms. The lowest BCUT2D eigenvalue weighted by Gasteiger charge is -2.17. The molecule has 3 heterocycles. The highest BCUT2D eigenvalue weighted by Crippen LogP contribution is 2.33. The summed E-state index contributed by atoms with van der Waals surface area (Å²) in [5.74, 6) is -0.746. The predicted molar refractivity (Wildman–Crippen MR) is 87.7 cm³/mol. The molecule has 1 amide bonds. The number of aliphatic hydroxyl groups excluding tert-OH is 2. The number of amides is 1. The highest BCUT2D eigenvalue weighted by Gasteiger charge is 2.47. The Labute approximate surface area is 147 Å². The fraction of sp³-hybridized carbons (Fsp3) is 0.600. The van der Waals surface area contributed by atoms with Gasteiger partial charge in [0.25, 0.3) is 0 Å². The quantitative estimate of drug-likeness (QED) is 0.522. The van der Waals surface area contributed by atoms with Gasteiger partial charge in [0.05, 0.1) is 6.33 Å². The van der Waals surface area contributed by atoms with E-state index in [2.05, 4.69) is 15.0 Å². The third-order valence-electron chi connectivity index (χ3n) is 4.80. The van der Waals surface area contributed by atoms with Gasteiger partial charge in [-0.25, -0.2) is 4.98 Å². The van der Waals surface area contributed by atoms with Gasteiger partial charge in [0, 0.05) is 0 Å². The fourth-order valence-electron chi connectivity index (χ4n) is 3.44. The van der Waals surface area contributed by atoms with Gasteiger partial charge in [-0.15, -0.1) is 0 Å². The van der Waals surface area contributed by atoms with Crippen molar-refractivity contribution in [3.63, 3.8) is 0 Å². The van der Waals surface area contributed by atoms with E-state index in [0.29, 0.717) is 5.52 Å². The molecule has 1 saturated carbocycles. The minimum absolute atomic E-state index is 0.0395. The first-order valence-corrected chi connectivity index (χ1v) is 8.43. The maximum Gasteiger partial charge on any atom is 0.320 e. The van der Waals surface area contributed by atoms with Crippen LogP contribution in [0.2, 0.25) is 0 Å². The van der Waals surface area contributed by atoms with E-state index in [1.807, 2.05) is 0 Å². The summed E-state index contributed by atoms with van der Waals surface area (Å²) in [6.07, 6.45) is 0.153. The number of rotatable bonds is 4. The minimum Gasteiger partial charge on any atom is -0.460 e. The predicted octanol–water partition coefficient (Wildman–Crippen LogP) is -1.17. The Morgan fingerprint density at radius 2 is 2.00 bits per heavy atom. The van der Waals surface area contributed by atoms with Gasteiger partial charge >= 0.3 is 6.01 Å². The summed E-state index contributed by atoms with van der Waals surface area (Å²) in [7, 11) is 0. The van der Waals surface area contributed by atoms with E-state index in [9.17, 15) is 15.0 Å². The summed E-state index contributed by atoms with van der Waals surface area (Å²) in [4.78, 5) is 24.0. The second-order valence-corrected chi connectivity index (χ2v) is 6.57. The summed E-state index contributed by atoms with van der Waals surface area (Å²) in [6, 6.07) is 0.114. The highest BCUT2D eigenvalue weighted by molar-refractivity contribution is 5.82. The molecule has 11 nitrogen and oxygen atoms in total. The maximum absolute atomic E-state index is 11.4. The first-order valence-electron chi connectivity index (χ1n) is 8.43. The molecule has 26 heavy (non-hydrogen) atoms. The van der Waals surface area contributed by atoms with Crippen LogP contribution in [0.15, 0.2) is 6.33 Å². The molecule has 2 fully saturated rings. The number of nitrogens with zero attached hydrogens (tertiary/aromatic N) is 4. The number of primary amides is 1. The molecule has 0 spiro atoms. The van der Waals surface area contributed by atoms with Gasteiger partial charge in [-0.1, -0.05) is 0 Å². The number of imidazole rings is 1. The molecule has 1 aliphatic heterocycles. The van der Waals surface area contributed by atoms with E-state index >= 15 is 0 Å². The van der Waals surface area contributed by atoms with Gasteiger partial charge in [-0.3, -0.25) is 9.36 Å². The van der Waals surface area contributed by atoms with Crippen molar-refractivity contribution in [2.45, 2.75) is 56.3 Å². The van der Waals surface area contributed by atoms with E-state index in [1.54, 1.807) is 0 Å². The third kappa shape index (κ3) is 2.73. The van der Waals surface area contributed by atoms with Crippen LogP contribution in [0.5, 0.6) is 6.01 Å². The Kier molecular flexibility index (Phi) is 4.13. The lowest BCUT2D eigenvalue weighted by Crippen LogP contribution is -2.39. The zero-order valence-electron chi connectivity index (χ0n) is 13.9. The van der Waals surface area contributed by atoms with Gasteiger partial charge < -0.3 is 31.2 Å². The van der Waals surface area contributed by atoms with Crippen molar-refractivity contribution in [3.8, 4) is 6.01 Å². The number of hydrogen-bond acceptors (Lipinski definition) is 9. The molecule has 4 atom stereocenters. The van der Waals surface area contributed by atoms with Crippen LogP contribution in [0.1, 0.15) is 31.9 Å². The number of nitrogens with two attached hydrogens (primary N) is 2. The summed E-state index contributed by atoms with van der Waals surface area (Å²) >= 11 is 0. The topological polar surface area (TPSA) is 172 Å². The van der Waals surface area contributed by atoms with Gasteiger partial charge in [-0.2, -0.15) is 9.97 Å². The highest BCUT2D eigenvalue weighted by atomic mass is 16.6. The Balaban J connectivity index is 1.69. The molecule has 2 aliphatic rings. The van der Waals surface area contributed by atoms with Crippen LogP contribution in [0.3, 0.4) is 0 Å². The number of fused-ring (bicyclic) bond motifs is 1. The van der Waals surface area contributed by atoms with Gasteiger partial charge in [0.2, 0.25) is 5.91 Å². The van der Waals surface area contributed by atoms with E-state index in [4.69, 9.17) is 20.9 Å². The van der Waals surface area contributed by atoms with E-state index in [0.717, 1.165) is 25.7 Å². The molecule has 2 aromatic heterocycles. The molecule has 1 saturated heterocycles. The lowest BCUT2D eigenvalue weighted by atomic mass is 10.1. The molecular formula is C15H20N6O5. The van der Waals surface area contributed by atoms with Gasteiger partial charge in [-0.05, 0) is 25.7 Å². The average Bonchev–Trinajstić information content (AvgIpc) is 3.29. The smallest absolute Gasteiger partial charge is 0.320 e. The van der Waals surface area contributed by atoms with Crippen LogP contribution in [-0.4, -0.2) is 60.1 Å². The minimum atomic E-state index is -1.46. The van der Waals surface area contributed by atoms with Crippen LogP contribution in [0.4, 0.5) is 5.82 Å². The van der Waals surface area contributed by atoms with Gasteiger partial charge in [0.1, 0.15) is 18.3 Å².